The van der Waals surface area contributed by atoms with E-state index in [4.69, 9.17) is 5.73 Å². The van der Waals surface area contributed by atoms with Gasteiger partial charge in [-0.25, -0.2) is 0 Å². The van der Waals surface area contributed by atoms with Crippen LogP contribution in [0.25, 0.3) is 0 Å². The number of aryl methyl sites for hydroxylation is 2. The van der Waals surface area contributed by atoms with Gasteiger partial charge in [-0.3, -0.25) is 4.68 Å². The zero-order valence-corrected chi connectivity index (χ0v) is 12.4. The van der Waals surface area contributed by atoms with Gasteiger partial charge in [0.05, 0.1) is 22.4 Å². The van der Waals surface area contributed by atoms with E-state index in [9.17, 15) is 0 Å². The maximum Gasteiger partial charge on any atom is 0.0739 e. The summed E-state index contributed by atoms with van der Waals surface area (Å²) in [7, 11) is 0. The monoisotopic (exact) mass is 310 g/mol. The maximum atomic E-state index is 5.63. The zero-order chi connectivity index (χ0) is 13.1. The van der Waals surface area contributed by atoms with Gasteiger partial charge >= 0.3 is 0 Å². The Balaban J connectivity index is 2.30. The molecule has 0 unspecified atom stereocenters. The van der Waals surface area contributed by atoms with Crippen molar-refractivity contribution in [2.24, 2.45) is 5.73 Å². The van der Waals surface area contributed by atoms with Crippen molar-refractivity contribution in [3.05, 3.63) is 39.9 Å². The van der Waals surface area contributed by atoms with Gasteiger partial charge in [-0.05, 0) is 54.9 Å². The Bertz CT molecular complexity index is 527. The number of hydrogen-bond donors (Lipinski definition) is 1. The van der Waals surface area contributed by atoms with Gasteiger partial charge in [0.25, 0.3) is 0 Å². The number of halogens is 1. The third-order valence-electron chi connectivity index (χ3n) is 3.10. The summed E-state index contributed by atoms with van der Waals surface area (Å²) in [6.07, 6.45) is 3.00. The van der Waals surface area contributed by atoms with Gasteiger partial charge < -0.3 is 10.3 Å². The summed E-state index contributed by atoms with van der Waals surface area (Å²) in [4.78, 5) is 0. The van der Waals surface area contributed by atoms with Crippen molar-refractivity contribution < 1.29 is 0 Å². The Morgan fingerprint density at radius 3 is 2.89 bits per heavy atom. The SMILES string of the molecule is CCn1nc(C)c(Br)c1Cn1cccc1CCN. The van der Waals surface area contributed by atoms with Crippen molar-refractivity contribution in [1.82, 2.24) is 14.3 Å². The lowest BCUT2D eigenvalue weighted by molar-refractivity contribution is 0.590. The van der Waals surface area contributed by atoms with E-state index in [0.29, 0.717) is 6.54 Å². The van der Waals surface area contributed by atoms with Gasteiger partial charge in [0, 0.05) is 18.4 Å². The fourth-order valence-corrected chi connectivity index (χ4v) is 2.57. The predicted octanol–water partition coefficient (Wildman–Crippen LogP) is 2.32. The molecule has 4 nitrogen and oxygen atoms in total. The Kier molecular flexibility index (Phi) is 4.24. The third kappa shape index (κ3) is 2.52. The first kappa shape index (κ1) is 13.4. The lowest BCUT2D eigenvalue weighted by Crippen LogP contribution is -2.12. The number of hydrogen-bond acceptors (Lipinski definition) is 2. The minimum atomic E-state index is 0.678. The molecule has 0 spiro atoms. The summed E-state index contributed by atoms with van der Waals surface area (Å²) < 4.78 is 5.39. The fraction of sp³-hybridized carbons (Fsp3) is 0.462. The van der Waals surface area contributed by atoms with Crippen LogP contribution in [0.15, 0.2) is 22.8 Å². The average molecular weight is 311 g/mol. The Morgan fingerprint density at radius 2 is 2.22 bits per heavy atom. The molecule has 18 heavy (non-hydrogen) atoms. The Morgan fingerprint density at radius 1 is 1.44 bits per heavy atom. The van der Waals surface area contributed by atoms with Gasteiger partial charge in [0.1, 0.15) is 0 Å². The van der Waals surface area contributed by atoms with E-state index in [0.717, 1.165) is 29.7 Å². The predicted molar refractivity (Wildman–Crippen MR) is 76.6 cm³/mol. The van der Waals surface area contributed by atoms with E-state index < -0.39 is 0 Å². The fourth-order valence-electron chi connectivity index (χ4n) is 2.16. The number of rotatable bonds is 5. The van der Waals surface area contributed by atoms with Crippen molar-refractivity contribution >= 4 is 15.9 Å². The zero-order valence-electron chi connectivity index (χ0n) is 10.9. The second kappa shape index (κ2) is 5.71. The van der Waals surface area contributed by atoms with Gasteiger partial charge in [0.2, 0.25) is 0 Å². The van der Waals surface area contributed by atoms with Crippen molar-refractivity contribution in [2.75, 3.05) is 6.54 Å². The quantitative estimate of drug-likeness (QED) is 0.921. The molecule has 0 amide bonds. The van der Waals surface area contributed by atoms with Gasteiger partial charge in [-0.15, -0.1) is 0 Å². The van der Waals surface area contributed by atoms with Crippen LogP contribution >= 0.6 is 15.9 Å². The van der Waals surface area contributed by atoms with Crippen LogP contribution in [0.2, 0.25) is 0 Å². The summed E-state index contributed by atoms with van der Waals surface area (Å²) in [5, 5.41) is 4.52. The highest BCUT2D eigenvalue weighted by atomic mass is 79.9. The molecule has 98 valence electrons. The summed E-state index contributed by atoms with van der Waals surface area (Å²) in [5.41, 5.74) is 9.15. The largest absolute Gasteiger partial charge is 0.345 e. The number of nitrogens with zero attached hydrogens (tertiary/aromatic N) is 3. The van der Waals surface area contributed by atoms with E-state index in [-0.39, 0.29) is 0 Å². The first-order chi connectivity index (χ1) is 8.67. The van der Waals surface area contributed by atoms with Crippen LogP contribution in [-0.4, -0.2) is 20.9 Å². The van der Waals surface area contributed by atoms with Crippen LogP contribution in [0.4, 0.5) is 0 Å². The molecule has 0 aliphatic rings. The van der Waals surface area contributed by atoms with Crippen LogP contribution < -0.4 is 5.73 Å². The third-order valence-corrected chi connectivity index (χ3v) is 4.13. The molecular weight excluding hydrogens is 292 g/mol. The summed E-state index contributed by atoms with van der Waals surface area (Å²) in [6.45, 7) is 6.53. The molecule has 0 bridgehead atoms. The molecule has 0 aromatic carbocycles. The molecule has 0 atom stereocenters. The molecule has 2 aromatic rings. The molecule has 0 aliphatic carbocycles. The van der Waals surface area contributed by atoms with Crippen LogP contribution in [0.1, 0.15) is 24.0 Å². The Hall–Kier alpha value is -1.07. The average Bonchev–Trinajstić information content (AvgIpc) is 2.90. The van der Waals surface area contributed by atoms with Crippen LogP contribution in [0.3, 0.4) is 0 Å². The van der Waals surface area contributed by atoms with Crippen LogP contribution in [0, 0.1) is 6.92 Å². The van der Waals surface area contributed by atoms with Crippen LogP contribution in [0.5, 0.6) is 0 Å². The summed E-state index contributed by atoms with van der Waals surface area (Å²) in [6, 6.07) is 4.19. The molecule has 0 saturated heterocycles. The number of aromatic nitrogens is 3. The van der Waals surface area contributed by atoms with Crippen molar-refractivity contribution in [3.63, 3.8) is 0 Å². The molecule has 0 fully saturated rings. The molecule has 2 heterocycles. The van der Waals surface area contributed by atoms with E-state index in [2.05, 4.69) is 50.8 Å². The molecule has 0 radical (unpaired) electrons. The minimum absolute atomic E-state index is 0.678. The smallest absolute Gasteiger partial charge is 0.0739 e. The van der Waals surface area contributed by atoms with Gasteiger partial charge in [0.15, 0.2) is 0 Å². The summed E-state index contributed by atoms with van der Waals surface area (Å²) in [5.74, 6) is 0. The Labute approximate surface area is 116 Å². The second-order valence-electron chi connectivity index (χ2n) is 4.33. The van der Waals surface area contributed by atoms with E-state index in [1.54, 1.807) is 0 Å². The highest BCUT2D eigenvalue weighted by Crippen LogP contribution is 2.22. The highest BCUT2D eigenvalue weighted by Gasteiger charge is 2.13. The van der Waals surface area contributed by atoms with E-state index in [1.807, 2.05) is 11.6 Å². The van der Waals surface area contributed by atoms with E-state index in [1.165, 1.54) is 11.4 Å². The molecule has 0 aliphatic heterocycles. The van der Waals surface area contributed by atoms with Gasteiger partial charge in [-0.2, -0.15) is 5.10 Å². The van der Waals surface area contributed by atoms with Crippen molar-refractivity contribution in [2.45, 2.75) is 33.4 Å². The normalized spacial score (nSPS) is 11.1. The second-order valence-corrected chi connectivity index (χ2v) is 5.12. The highest BCUT2D eigenvalue weighted by molar-refractivity contribution is 9.10. The molecule has 2 aromatic heterocycles. The molecule has 2 N–H and O–H groups in total. The first-order valence-corrected chi connectivity index (χ1v) is 7.02. The molecule has 2 rings (SSSR count). The first-order valence-electron chi connectivity index (χ1n) is 6.23. The lowest BCUT2D eigenvalue weighted by Gasteiger charge is -2.10. The number of nitrogens with two attached hydrogens (primary N) is 1. The summed E-state index contributed by atoms with van der Waals surface area (Å²) >= 11 is 3.63. The minimum Gasteiger partial charge on any atom is -0.345 e. The molecular formula is C13H19BrN4. The van der Waals surface area contributed by atoms with Crippen molar-refractivity contribution in [3.8, 4) is 0 Å². The van der Waals surface area contributed by atoms with Crippen LogP contribution in [-0.2, 0) is 19.5 Å². The standard InChI is InChI=1S/C13H19BrN4/c1-3-18-12(13(14)10(2)16-18)9-17-8-4-5-11(17)6-7-15/h4-5,8H,3,6-7,9,15H2,1-2H3. The van der Waals surface area contributed by atoms with Crippen molar-refractivity contribution in [1.29, 1.82) is 0 Å². The maximum absolute atomic E-state index is 5.63. The topological polar surface area (TPSA) is 48.8 Å². The van der Waals surface area contributed by atoms with Gasteiger partial charge in [-0.1, -0.05) is 0 Å². The molecule has 5 heteroatoms. The molecule has 0 saturated carbocycles. The lowest BCUT2D eigenvalue weighted by atomic mass is 10.3. The van der Waals surface area contributed by atoms with E-state index >= 15 is 0 Å².